The number of benzene rings is 3. The summed E-state index contributed by atoms with van der Waals surface area (Å²) in [6.07, 6.45) is -2.61. The lowest BCUT2D eigenvalue weighted by Crippen LogP contribution is -2.42. The van der Waals surface area contributed by atoms with Gasteiger partial charge >= 0.3 is 18.4 Å². The number of nitriles is 1. The highest BCUT2D eigenvalue weighted by Crippen LogP contribution is 2.38. The predicted molar refractivity (Wildman–Crippen MR) is 159 cm³/mol. The summed E-state index contributed by atoms with van der Waals surface area (Å²) in [6, 6.07) is 23.0. The number of nitrogens with zero attached hydrogens (tertiary/aromatic N) is 2. The Morgan fingerprint density at radius 2 is 1.60 bits per heavy atom. The van der Waals surface area contributed by atoms with Gasteiger partial charge in [-0.15, -0.1) is 13.2 Å². The van der Waals surface area contributed by atoms with E-state index in [9.17, 15) is 32.8 Å². The first-order valence-electron chi connectivity index (χ1n) is 14.5. The molecule has 1 aliphatic rings. The molecule has 3 aromatic carbocycles. The Labute approximate surface area is 258 Å². The van der Waals surface area contributed by atoms with Crippen molar-refractivity contribution < 1.29 is 37.4 Å². The molecule has 1 fully saturated rings. The Kier molecular flexibility index (Phi) is 11.0. The predicted octanol–water partition coefficient (Wildman–Crippen LogP) is 6.69. The van der Waals surface area contributed by atoms with Crippen LogP contribution in [0, 0.1) is 17.2 Å². The van der Waals surface area contributed by atoms with Crippen LogP contribution in [-0.2, 0) is 11.3 Å². The van der Waals surface area contributed by atoms with Crippen molar-refractivity contribution >= 4 is 23.6 Å². The van der Waals surface area contributed by atoms with Gasteiger partial charge in [0.2, 0.25) is 0 Å². The number of hydrogen-bond acceptors (Lipinski definition) is 5. The van der Waals surface area contributed by atoms with Gasteiger partial charge in [0.05, 0.1) is 18.4 Å². The number of carbonyl (C=O) groups is 3. The molecule has 3 N–H and O–H groups in total. The number of nitrogens with one attached hydrogen (secondary N) is 2. The van der Waals surface area contributed by atoms with Crippen LogP contribution < -0.4 is 15.4 Å². The van der Waals surface area contributed by atoms with Crippen LogP contribution in [0.25, 0.3) is 0 Å². The second-order valence-electron chi connectivity index (χ2n) is 10.8. The Morgan fingerprint density at radius 3 is 2.22 bits per heavy atom. The maximum absolute atomic E-state index is 13.7. The molecular weight excluding hydrogens is 589 g/mol. The van der Waals surface area contributed by atoms with E-state index in [2.05, 4.69) is 21.4 Å². The van der Waals surface area contributed by atoms with Crippen molar-refractivity contribution in [1.29, 1.82) is 5.26 Å². The Bertz CT molecular complexity index is 1490. The maximum atomic E-state index is 13.7. The molecule has 0 aliphatic heterocycles. The summed E-state index contributed by atoms with van der Waals surface area (Å²) in [5, 5.41) is 24.1. The van der Waals surface area contributed by atoms with Crippen LogP contribution in [0.1, 0.15) is 59.5 Å². The standard InChI is InChI=1S/C33H33F3N4O5/c34-33(35,36)45-28-15-11-26(12-16-28)39-32(44)40(21-22-6-8-24(9-7-22)31(43)38-19-18-30(41)42)27-13-10-25(20-37)29(17-14-27)23-4-2-1-3-5-23/h1-9,11-12,15-16,25,27,29H,10,13-14,17-19,21H2,(H,38,43)(H,39,44)(H,41,42). The third-order valence-electron chi connectivity index (χ3n) is 7.74. The maximum Gasteiger partial charge on any atom is 0.573 e. The molecule has 0 heterocycles. The first-order valence-corrected chi connectivity index (χ1v) is 14.5. The van der Waals surface area contributed by atoms with Crippen molar-refractivity contribution in [1.82, 2.24) is 10.2 Å². The number of rotatable bonds is 10. The molecule has 0 spiro atoms. The number of halogens is 3. The van der Waals surface area contributed by atoms with Crippen LogP contribution in [0.5, 0.6) is 5.75 Å². The van der Waals surface area contributed by atoms with Crippen molar-refractivity contribution in [2.24, 2.45) is 5.92 Å². The van der Waals surface area contributed by atoms with E-state index in [-0.39, 0.29) is 43.1 Å². The molecule has 3 amide bonds. The molecule has 0 aromatic heterocycles. The molecular formula is C33H33F3N4O5. The Morgan fingerprint density at radius 1 is 0.933 bits per heavy atom. The molecule has 3 atom stereocenters. The number of urea groups is 1. The summed E-state index contributed by atoms with van der Waals surface area (Å²) in [7, 11) is 0. The quantitative estimate of drug-likeness (QED) is 0.216. The van der Waals surface area contributed by atoms with E-state index in [4.69, 9.17) is 5.11 Å². The van der Waals surface area contributed by atoms with E-state index < -0.39 is 30.0 Å². The number of aliphatic carboxylic acids is 1. The van der Waals surface area contributed by atoms with Crippen molar-refractivity contribution in [2.45, 2.75) is 57.0 Å². The van der Waals surface area contributed by atoms with E-state index in [1.54, 1.807) is 29.2 Å². The summed E-state index contributed by atoms with van der Waals surface area (Å²) in [6.45, 7) is 0.155. The zero-order chi connectivity index (χ0) is 32.4. The van der Waals surface area contributed by atoms with Crippen molar-refractivity contribution in [3.05, 3.63) is 95.6 Å². The third-order valence-corrected chi connectivity index (χ3v) is 7.74. The van der Waals surface area contributed by atoms with Gasteiger partial charge in [-0.2, -0.15) is 5.26 Å². The number of alkyl halides is 3. The highest BCUT2D eigenvalue weighted by molar-refractivity contribution is 5.94. The fourth-order valence-electron chi connectivity index (χ4n) is 5.50. The number of amides is 3. The van der Waals surface area contributed by atoms with Gasteiger partial charge in [-0.3, -0.25) is 9.59 Å². The summed E-state index contributed by atoms with van der Waals surface area (Å²) < 4.78 is 41.7. The number of carboxylic acids is 1. The highest BCUT2D eigenvalue weighted by atomic mass is 19.4. The Hall–Kier alpha value is -5.05. The van der Waals surface area contributed by atoms with Crippen molar-refractivity contribution in [2.75, 3.05) is 11.9 Å². The zero-order valence-corrected chi connectivity index (χ0v) is 24.3. The van der Waals surface area contributed by atoms with Gasteiger partial charge < -0.3 is 25.4 Å². The number of hydrogen-bond donors (Lipinski definition) is 3. The molecule has 0 saturated heterocycles. The normalized spacial score (nSPS) is 18.1. The minimum Gasteiger partial charge on any atom is -0.481 e. The van der Waals surface area contributed by atoms with E-state index in [1.807, 2.05) is 30.3 Å². The molecule has 1 saturated carbocycles. The van der Waals surface area contributed by atoms with Gasteiger partial charge in [0.15, 0.2) is 0 Å². The second kappa shape index (κ2) is 15.1. The largest absolute Gasteiger partial charge is 0.573 e. The summed E-state index contributed by atoms with van der Waals surface area (Å²) >= 11 is 0. The molecule has 45 heavy (non-hydrogen) atoms. The average Bonchev–Trinajstić information content (AvgIpc) is 3.23. The van der Waals surface area contributed by atoms with E-state index in [0.717, 1.165) is 23.3 Å². The van der Waals surface area contributed by atoms with Gasteiger partial charge in [0, 0.05) is 30.4 Å². The van der Waals surface area contributed by atoms with Crippen LogP contribution in [0.3, 0.4) is 0 Å². The zero-order valence-electron chi connectivity index (χ0n) is 24.3. The molecule has 3 unspecified atom stereocenters. The molecule has 3 aromatic rings. The smallest absolute Gasteiger partial charge is 0.481 e. The van der Waals surface area contributed by atoms with Crippen LogP contribution >= 0.6 is 0 Å². The number of carboxylic acid groups (broad SMARTS) is 1. The molecule has 0 bridgehead atoms. The van der Waals surface area contributed by atoms with E-state index >= 15 is 0 Å². The first-order chi connectivity index (χ1) is 21.5. The van der Waals surface area contributed by atoms with E-state index in [1.165, 1.54) is 12.1 Å². The van der Waals surface area contributed by atoms with Crippen LogP contribution in [-0.4, -0.2) is 46.9 Å². The van der Waals surface area contributed by atoms with Gasteiger partial charge in [0.1, 0.15) is 5.75 Å². The minimum atomic E-state index is -4.84. The molecule has 12 heteroatoms. The third kappa shape index (κ3) is 9.72. The minimum absolute atomic E-state index is 0.00575. The van der Waals surface area contributed by atoms with Gasteiger partial charge in [-0.05, 0) is 79.1 Å². The van der Waals surface area contributed by atoms with Crippen molar-refractivity contribution in [3.63, 3.8) is 0 Å². The molecule has 9 nitrogen and oxygen atoms in total. The lowest BCUT2D eigenvalue weighted by Gasteiger charge is -2.32. The van der Waals surface area contributed by atoms with Crippen LogP contribution in [0.4, 0.5) is 23.7 Å². The lowest BCUT2D eigenvalue weighted by molar-refractivity contribution is -0.274. The summed E-state index contributed by atoms with van der Waals surface area (Å²) in [5.74, 6) is -2.09. The lowest BCUT2D eigenvalue weighted by atomic mass is 9.83. The second-order valence-corrected chi connectivity index (χ2v) is 10.8. The monoisotopic (exact) mass is 622 g/mol. The fraction of sp³-hybridized carbons (Fsp3) is 0.333. The summed E-state index contributed by atoms with van der Waals surface area (Å²) in [5.41, 5.74) is 2.40. The van der Waals surface area contributed by atoms with Gasteiger partial charge in [-0.1, -0.05) is 42.5 Å². The average molecular weight is 623 g/mol. The van der Waals surface area contributed by atoms with Gasteiger partial charge in [0.25, 0.3) is 5.91 Å². The molecule has 236 valence electrons. The molecule has 4 rings (SSSR count). The van der Waals surface area contributed by atoms with E-state index in [0.29, 0.717) is 31.2 Å². The highest BCUT2D eigenvalue weighted by Gasteiger charge is 2.33. The number of ether oxygens (including phenoxy) is 1. The Balaban J connectivity index is 1.53. The topological polar surface area (TPSA) is 132 Å². The van der Waals surface area contributed by atoms with Crippen LogP contribution in [0.2, 0.25) is 0 Å². The van der Waals surface area contributed by atoms with Crippen molar-refractivity contribution in [3.8, 4) is 11.8 Å². The van der Waals surface area contributed by atoms with Crippen LogP contribution in [0.15, 0.2) is 78.9 Å². The number of carbonyl (C=O) groups excluding carboxylic acids is 2. The first kappa shape index (κ1) is 32.9. The molecule has 0 radical (unpaired) electrons. The molecule has 1 aliphatic carbocycles. The SMILES string of the molecule is N#CC1CCC(N(Cc2ccc(C(=O)NCCC(=O)O)cc2)C(=O)Nc2ccc(OC(F)(F)F)cc2)CCC1c1ccccc1. The number of anilines is 1. The summed E-state index contributed by atoms with van der Waals surface area (Å²) in [4.78, 5) is 38.5. The van der Waals surface area contributed by atoms with Gasteiger partial charge in [-0.25, -0.2) is 4.79 Å². The fourth-order valence-corrected chi connectivity index (χ4v) is 5.50.